The van der Waals surface area contributed by atoms with Crippen molar-refractivity contribution in [1.29, 1.82) is 0 Å². The average molecular weight is 302 g/mol. The highest BCUT2D eigenvalue weighted by Gasteiger charge is 2.04. The topological polar surface area (TPSA) is 66.8 Å². The molecule has 0 rings (SSSR count). The van der Waals surface area contributed by atoms with Gasteiger partial charge in [-0.2, -0.15) is 0 Å². The molecule has 0 aromatic rings. The van der Waals surface area contributed by atoms with Gasteiger partial charge in [0.05, 0.1) is 13.2 Å². The van der Waals surface area contributed by atoms with Gasteiger partial charge in [0, 0.05) is 13.0 Å². The zero-order valence-corrected chi connectivity index (χ0v) is 13.7. The van der Waals surface area contributed by atoms with Crippen LogP contribution in [0.2, 0.25) is 0 Å². The van der Waals surface area contributed by atoms with Crippen LogP contribution in [0.15, 0.2) is 0 Å². The number of aliphatic hydroxyl groups excluding tert-OH is 2. The molecule has 126 valence electrons. The zero-order valence-electron chi connectivity index (χ0n) is 13.7. The van der Waals surface area contributed by atoms with Gasteiger partial charge in [0.2, 0.25) is 0 Å². The molecule has 0 aliphatic carbocycles. The van der Waals surface area contributed by atoms with Crippen molar-refractivity contribution in [2.24, 2.45) is 0 Å². The molecule has 0 unspecified atom stereocenters. The Balaban J connectivity index is 3.19. The summed E-state index contributed by atoms with van der Waals surface area (Å²) in [5.74, 6) is -0.121. The quantitative estimate of drug-likeness (QED) is 0.358. The predicted molar refractivity (Wildman–Crippen MR) is 85.1 cm³/mol. The number of methoxy groups -OCH3 is 1. The molecule has 0 saturated heterocycles. The van der Waals surface area contributed by atoms with E-state index in [1.165, 1.54) is 7.11 Å². The van der Waals surface area contributed by atoms with Gasteiger partial charge >= 0.3 is 5.97 Å². The van der Waals surface area contributed by atoms with Gasteiger partial charge in [-0.25, -0.2) is 0 Å². The van der Waals surface area contributed by atoms with Crippen molar-refractivity contribution in [3.8, 4) is 0 Å². The summed E-state index contributed by atoms with van der Waals surface area (Å²) in [6, 6.07) is 0. The molecule has 1 atom stereocenters. The van der Waals surface area contributed by atoms with Gasteiger partial charge in [-0.05, 0) is 25.7 Å². The zero-order chi connectivity index (χ0) is 15.8. The maximum Gasteiger partial charge on any atom is 0.305 e. The molecular formula is C17H34O4. The van der Waals surface area contributed by atoms with Crippen molar-refractivity contribution >= 4 is 5.97 Å². The summed E-state index contributed by atoms with van der Waals surface area (Å²) in [4.78, 5) is 10.9. The van der Waals surface area contributed by atoms with E-state index < -0.39 is 0 Å². The Bertz CT molecular complexity index is 231. The number of hydrogen-bond donors (Lipinski definition) is 2. The Hall–Kier alpha value is -0.610. The Labute approximate surface area is 129 Å². The fourth-order valence-corrected chi connectivity index (χ4v) is 2.45. The van der Waals surface area contributed by atoms with Crippen LogP contribution in [0.5, 0.6) is 0 Å². The minimum Gasteiger partial charge on any atom is -0.469 e. The number of carbonyl (C=O) groups excluding carboxylic acids is 1. The van der Waals surface area contributed by atoms with Crippen LogP contribution in [0, 0.1) is 0 Å². The Morgan fingerprint density at radius 3 is 1.86 bits per heavy atom. The van der Waals surface area contributed by atoms with Crippen molar-refractivity contribution in [2.45, 2.75) is 89.6 Å². The monoisotopic (exact) mass is 302 g/mol. The summed E-state index contributed by atoms with van der Waals surface area (Å²) < 4.78 is 4.59. The van der Waals surface area contributed by atoms with Crippen molar-refractivity contribution in [3.05, 3.63) is 0 Å². The van der Waals surface area contributed by atoms with Crippen molar-refractivity contribution < 1.29 is 19.7 Å². The van der Waals surface area contributed by atoms with Gasteiger partial charge in [-0.3, -0.25) is 4.79 Å². The minimum absolute atomic E-state index is 0.121. The molecule has 21 heavy (non-hydrogen) atoms. The molecule has 0 aliphatic rings. The van der Waals surface area contributed by atoms with E-state index in [0.29, 0.717) is 13.0 Å². The summed E-state index contributed by atoms with van der Waals surface area (Å²) in [6.45, 7) is 0.294. The lowest BCUT2D eigenvalue weighted by Gasteiger charge is -2.10. The first-order valence-electron chi connectivity index (χ1n) is 8.56. The molecule has 0 heterocycles. The molecule has 0 aromatic heterocycles. The first-order valence-corrected chi connectivity index (χ1v) is 8.56. The van der Waals surface area contributed by atoms with E-state index in [-0.39, 0.29) is 12.1 Å². The molecule has 0 saturated carbocycles. The second-order valence-electron chi connectivity index (χ2n) is 5.82. The highest BCUT2D eigenvalue weighted by atomic mass is 16.5. The number of esters is 1. The lowest BCUT2D eigenvalue weighted by Crippen LogP contribution is -2.06. The van der Waals surface area contributed by atoms with Crippen LogP contribution in [0.3, 0.4) is 0 Å². The second kappa shape index (κ2) is 15.8. The fraction of sp³-hybridized carbons (Fsp3) is 0.941. The standard InChI is InChI=1S/C17H34O4/c1-21-17(20)14-10-6-2-4-8-12-16(19)13-9-5-3-7-11-15-18/h16,18-19H,2-15H2,1H3/t16-/m0/s1. The van der Waals surface area contributed by atoms with E-state index in [9.17, 15) is 9.90 Å². The third-order valence-electron chi connectivity index (χ3n) is 3.84. The van der Waals surface area contributed by atoms with Gasteiger partial charge in [-0.15, -0.1) is 0 Å². The molecular weight excluding hydrogens is 268 g/mol. The maximum atomic E-state index is 10.9. The van der Waals surface area contributed by atoms with Crippen molar-refractivity contribution in [1.82, 2.24) is 0 Å². The van der Waals surface area contributed by atoms with Gasteiger partial charge in [0.25, 0.3) is 0 Å². The fourth-order valence-electron chi connectivity index (χ4n) is 2.45. The normalized spacial score (nSPS) is 12.3. The number of unbranched alkanes of at least 4 members (excludes halogenated alkanes) is 8. The van der Waals surface area contributed by atoms with E-state index in [2.05, 4.69) is 4.74 Å². The van der Waals surface area contributed by atoms with E-state index >= 15 is 0 Å². The summed E-state index contributed by atoms with van der Waals surface area (Å²) in [6.07, 6.45) is 12.9. The highest BCUT2D eigenvalue weighted by molar-refractivity contribution is 5.68. The SMILES string of the molecule is COC(=O)CCCCCCC[C@H](O)CCCCCCCO. The molecule has 0 fully saturated rings. The van der Waals surface area contributed by atoms with Gasteiger partial charge in [0.1, 0.15) is 0 Å². The largest absolute Gasteiger partial charge is 0.469 e. The molecule has 0 bridgehead atoms. The first kappa shape index (κ1) is 20.4. The molecule has 0 aliphatic heterocycles. The number of aliphatic hydroxyl groups is 2. The van der Waals surface area contributed by atoms with E-state index in [1.54, 1.807) is 0 Å². The second-order valence-corrected chi connectivity index (χ2v) is 5.82. The summed E-state index contributed by atoms with van der Waals surface area (Å²) >= 11 is 0. The summed E-state index contributed by atoms with van der Waals surface area (Å²) in [5, 5.41) is 18.5. The van der Waals surface area contributed by atoms with Gasteiger partial charge < -0.3 is 14.9 Å². The molecule has 0 spiro atoms. The molecule has 0 radical (unpaired) electrons. The van der Waals surface area contributed by atoms with Crippen LogP contribution in [0.4, 0.5) is 0 Å². The Kier molecular flexibility index (Phi) is 15.3. The van der Waals surface area contributed by atoms with Crippen molar-refractivity contribution in [2.75, 3.05) is 13.7 Å². The van der Waals surface area contributed by atoms with Crippen LogP contribution in [0.25, 0.3) is 0 Å². The third kappa shape index (κ3) is 15.6. The molecule has 4 nitrogen and oxygen atoms in total. The summed E-state index contributed by atoms with van der Waals surface area (Å²) in [5.41, 5.74) is 0. The van der Waals surface area contributed by atoms with E-state index in [1.807, 2.05) is 0 Å². The van der Waals surface area contributed by atoms with E-state index in [0.717, 1.165) is 77.0 Å². The Morgan fingerprint density at radius 1 is 0.857 bits per heavy atom. The maximum absolute atomic E-state index is 10.9. The van der Waals surface area contributed by atoms with Gasteiger partial charge in [-0.1, -0.05) is 51.4 Å². The lowest BCUT2D eigenvalue weighted by atomic mass is 10.0. The minimum atomic E-state index is -0.155. The molecule has 0 amide bonds. The van der Waals surface area contributed by atoms with Crippen LogP contribution in [0.1, 0.15) is 83.5 Å². The van der Waals surface area contributed by atoms with E-state index in [4.69, 9.17) is 5.11 Å². The number of rotatable bonds is 15. The van der Waals surface area contributed by atoms with Crippen LogP contribution < -0.4 is 0 Å². The van der Waals surface area contributed by atoms with Crippen LogP contribution in [-0.4, -0.2) is 36.0 Å². The van der Waals surface area contributed by atoms with Crippen LogP contribution in [-0.2, 0) is 9.53 Å². The number of carbonyl (C=O) groups is 1. The summed E-state index contributed by atoms with van der Waals surface area (Å²) in [7, 11) is 1.43. The van der Waals surface area contributed by atoms with Crippen molar-refractivity contribution in [3.63, 3.8) is 0 Å². The smallest absolute Gasteiger partial charge is 0.305 e. The predicted octanol–water partition coefficient (Wildman–Crippen LogP) is 3.58. The van der Waals surface area contributed by atoms with Crippen LogP contribution >= 0.6 is 0 Å². The third-order valence-corrected chi connectivity index (χ3v) is 3.84. The Morgan fingerprint density at radius 2 is 1.33 bits per heavy atom. The lowest BCUT2D eigenvalue weighted by molar-refractivity contribution is -0.140. The highest BCUT2D eigenvalue weighted by Crippen LogP contribution is 2.13. The van der Waals surface area contributed by atoms with Gasteiger partial charge in [0.15, 0.2) is 0 Å². The number of hydrogen-bond acceptors (Lipinski definition) is 4. The molecule has 2 N–H and O–H groups in total. The molecule has 4 heteroatoms. The first-order chi connectivity index (χ1) is 10.2. The molecule has 0 aromatic carbocycles. The average Bonchev–Trinajstić information content (AvgIpc) is 2.49. The number of ether oxygens (including phenoxy) is 1.